The van der Waals surface area contributed by atoms with Gasteiger partial charge in [0.2, 0.25) is 0 Å². The predicted molar refractivity (Wildman–Crippen MR) is 121 cm³/mol. The SMILES string of the molecule is O=C(OCC(=O)N(Cc1ccc(F)cc1)C12CC3CC(CC(C3)C1)C2)c1ccc2nncn2c1. The molecule has 0 unspecified atom stereocenters. The molecule has 8 heteroatoms. The summed E-state index contributed by atoms with van der Waals surface area (Å²) in [6, 6.07) is 9.62. The number of pyridine rings is 1. The monoisotopic (exact) mass is 462 g/mol. The molecule has 4 aliphatic rings. The van der Waals surface area contributed by atoms with Gasteiger partial charge in [0.1, 0.15) is 12.1 Å². The quantitative estimate of drug-likeness (QED) is 0.517. The van der Waals surface area contributed by atoms with E-state index in [1.807, 2.05) is 4.90 Å². The number of hydrogen-bond acceptors (Lipinski definition) is 5. The fourth-order valence-corrected chi connectivity index (χ4v) is 6.93. The third-order valence-electron chi connectivity index (χ3n) is 7.99. The molecule has 0 atom stereocenters. The van der Waals surface area contributed by atoms with Crippen molar-refractivity contribution in [1.82, 2.24) is 19.5 Å². The Bertz CT molecular complexity index is 1200. The molecule has 0 radical (unpaired) electrons. The normalized spacial score (nSPS) is 27.1. The zero-order chi connectivity index (χ0) is 23.3. The van der Waals surface area contributed by atoms with E-state index in [1.54, 1.807) is 34.9 Å². The Hall–Kier alpha value is -3.29. The summed E-state index contributed by atoms with van der Waals surface area (Å²) in [5, 5.41) is 7.74. The number of nitrogens with zero attached hydrogens (tertiary/aromatic N) is 4. The van der Waals surface area contributed by atoms with Crippen LogP contribution < -0.4 is 0 Å². The summed E-state index contributed by atoms with van der Waals surface area (Å²) in [6.07, 6.45) is 9.90. The summed E-state index contributed by atoms with van der Waals surface area (Å²) in [4.78, 5) is 28.2. The predicted octanol–water partition coefficient (Wildman–Crippen LogP) is 4.02. The Morgan fingerprint density at radius 2 is 1.71 bits per heavy atom. The number of ether oxygens (including phenoxy) is 1. The third-order valence-corrected chi connectivity index (χ3v) is 7.99. The van der Waals surface area contributed by atoms with Crippen LogP contribution in [0.25, 0.3) is 5.65 Å². The highest BCUT2D eigenvalue weighted by molar-refractivity contribution is 5.91. The number of rotatable bonds is 6. The number of hydrogen-bond donors (Lipinski definition) is 0. The Morgan fingerprint density at radius 3 is 2.38 bits per heavy atom. The van der Waals surface area contributed by atoms with Crippen LogP contribution in [0.5, 0.6) is 0 Å². The minimum Gasteiger partial charge on any atom is -0.452 e. The molecule has 0 N–H and O–H groups in total. The van der Waals surface area contributed by atoms with Gasteiger partial charge in [-0.05, 0) is 86.1 Å². The number of benzene rings is 1. The summed E-state index contributed by atoms with van der Waals surface area (Å²) in [7, 11) is 0. The minimum absolute atomic E-state index is 0.190. The Morgan fingerprint density at radius 1 is 1.03 bits per heavy atom. The van der Waals surface area contributed by atoms with Gasteiger partial charge in [-0.25, -0.2) is 9.18 Å². The second-order valence-corrected chi connectivity index (χ2v) is 10.3. The zero-order valence-corrected chi connectivity index (χ0v) is 18.9. The van der Waals surface area contributed by atoms with Crippen molar-refractivity contribution in [2.24, 2.45) is 17.8 Å². The van der Waals surface area contributed by atoms with Crippen LogP contribution >= 0.6 is 0 Å². The number of halogens is 1. The standard InChI is InChI=1S/C26H27FN4O3/c27-22-4-1-17(2-5-22)13-31(26-10-18-7-19(11-26)9-20(8-18)12-26)24(32)15-34-25(33)21-3-6-23-29-28-16-30(23)14-21/h1-6,14,16,18-20H,7-13,15H2. The van der Waals surface area contributed by atoms with Crippen molar-refractivity contribution in [3.05, 3.63) is 65.9 Å². The zero-order valence-electron chi connectivity index (χ0n) is 18.9. The summed E-state index contributed by atoms with van der Waals surface area (Å²) >= 11 is 0. The highest BCUT2D eigenvalue weighted by Crippen LogP contribution is 2.58. The van der Waals surface area contributed by atoms with Gasteiger partial charge in [-0.2, -0.15) is 0 Å². The van der Waals surface area contributed by atoms with Gasteiger partial charge in [0.25, 0.3) is 5.91 Å². The Balaban J connectivity index is 1.22. The van der Waals surface area contributed by atoms with Crippen molar-refractivity contribution in [3.8, 4) is 0 Å². The van der Waals surface area contributed by atoms with Crippen LogP contribution in [0.15, 0.2) is 48.9 Å². The first-order chi connectivity index (χ1) is 16.5. The van der Waals surface area contributed by atoms with Gasteiger partial charge < -0.3 is 9.64 Å². The van der Waals surface area contributed by atoms with Gasteiger partial charge in [0.15, 0.2) is 12.3 Å². The largest absolute Gasteiger partial charge is 0.452 e. The third kappa shape index (κ3) is 3.85. The molecule has 1 aromatic carbocycles. The smallest absolute Gasteiger partial charge is 0.340 e. The van der Waals surface area contributed by atoms with E-state index in [1.165, 1.54) is 37.7 Å². The molecular formula is C26H27FN4O3. The van der Waals surface area contributed by atoms with Crippen molar-refractivity contribution >= 4 is 17.5 Å². The molecule has 4 fully saturated rings. The first-order valence-electron chi connectivity index (χ1n) is 12.0. The lowest BCUT2D eigenvalue weighted by atomic mass is 9.52. The molecule has 176 valence electrons. The molecule has 4 aliphatic carbocycles. The lowest BCUT2D eigenvalue weighted by molar-refractivity contribution is -0.155. The summed E-state index contributed by atoms with van der Waals surface area (Å²) < 4.78 is 20.6. The Kier molecular flexibility index (Phi) is 5.12. The molecule has 2 aromatic heterocycles. The highest BCUT2D eigenvalue weighted by Gasteiger charge is 2.54. The van der Waals surface area contributed by atoms with E-state index in [-0.39, 0.29) is 23.9 Å². The molecular weight excluding hydrogens is 435 g/mol. The first-order valence-corrected chi connectivity index (χ1v) is 12.0. The maximum absolute atomic E-state index is 13.6. The van der Waals surface area contributed by atoms with Crippen LogP contribution in [0.1, 0.15) is 54.4 Å². The molecule has 4 saturated carbocycles. The maximum Gasteiger partial charge on any atom is 0.340 e. The van der Waals surface area contributed by atoms with E-state index in [0.717, 1.165) is 24.8 Å². The second kappa shape index (κ2) is 8.18. The number of esters is 1. The fourth-order valence-electron chi connectivity index (χ4n) is 6.93. The van der Waals surface area contributed by atoms with Crippen LogP contribution in [0, 0.1) is 23.6 Å². The van der Waals surface area contributed by atoms with Crippen LogP contribution in [0.4, 0.5) is 4.39 Å². The Labute approximate surface area is 196 Å². The van der Waals surface area contributed by atoms with Crippen molar-refractivity contribution < 1.29 is 18.7 Å². The number of aromatic nitrogens is 3. The average Bonchev–Trinajstić information content (AvgIpc) is 3.29. The summed E-state index contributed by atoms with van der Waals surface area (Å²) in [6.45, 7) is 0.0808. The number of amides is 1. The van der Waals surface area contributed by atoms with Crippen LogP contribution in [0.3, 0.4) is 0 Å². The topological polar surface area (TPSA) is 76.8 Å². The van der Waals surface area contributed by atoms with Gasteiger partial charge in [0, 0.05) is 18.3 Å². The lowest BCUT2D eigenvalue weighted by Gasteiger charge is -2.60. The van der Waals surface area contributed by atoms with Crippen molar-refractivity contribution in [3.63, 3.8) is 0 Å². The second-order valence-electron chi connectivity index (χ2n) is 10.3. The van der Waals surface area contributed by atoms with E-state index >= 15 is 0 Å². The molecule has 0 saturated heterocycles. The van der Waals surface area contributed by atoms with Crippen LogP contribution in [-0.2, 0) is 16.1 Å². The molecule has 34 heavy (non-hydrogen) atoms. The number of carbonyl (C=O) groups is 2. The van der Waals surface area contributed by atoms with Gasteiger partial charge in [-0.3, -0.25) is 9.20 Å². The van der Waals surface area contributed by atoms with Gasteiger partial charge in [0.05, 0.1) is 5.56 Å². The van der Waals surface area contributed by atoms with Crippen molar-refractivity contribution in [2.75, 3.05) is 6.61 Å². The van der Waals surface area contributed by atoms with E-state index in [2.05, 4.69) is 10.2 Å². The van der Waals surface area contributed by atoms with Crippen molar-refractivity contribution in [1.29, 1.82) is 0 Å². The van der Waals surface area contributed by atoms with E-state index in [9.17, 15) is 14.0 Å². The van der Waals surface area contributed by atoms with Crippen molar-refractivity contribution in [2.45, 2.75) is 50.6 Å². The average molecular weight is 463 g/mol. The fraction of sp³-hybridized carbons (Fsp3) is 0.462. The van der Waals surface area contributed by atoms with E-state index in [4.69, 9.17) is 4.74 Å². The highest BCUT2D eigenvalue weighted by atomic mass is 19.1. The lowest BCUT2D eigenvalue weighted by Crippen LogP contribution is -2.61. The molecule has 4 bridgehead atoms. The molecule has 3 aromatic rings. The summed E-state index contributed by atoms with van der Waals surface area (Å²) in [5.41, 5.74) is 1.64. The van der Waals surface area contributed by atoms with E-state index in [0.29, 0.717) is 35.5 Å². The molecule has 2 heterocycles. The maximum atomic E-state index is 13.6. The van der Waals surface area contributed by atoms with Gasteiger partial charge in [-0.15, -0.1) is 10.2 Å². The minimum atomic E-state index is -0.559. The van der Waals surface area contributed by atoms with Gasteiger partial charge in [-0.1, -0.05) is 12.1 Å². The van der Waals surface area contributed by atoms with E-state index < -0.39 is 5.97 Å². The molecule has 1 amide bonds. The number of fused-ring (bicyclic) bond motifs is 1. The first kappa shape index (κ1) is 21.3. The van der Waals surface area contributed by atoms with Gasteiger partial charge >= 0.3 is 5.97 Å². The molecule has 0 aliphatic heterocycles. The molecule has 7 nitrogen and oxygen atoms in total. The number of carbonyl (C=O) groups excluding carboxylic acids is 2. The van der Waals surface area contributed by atoms with Crippen LogP contribution in [-0.4, -0.2) is 43.5 Å². The molecule has 7 rings (SSSR count). The molecule has 0 spiro atoms. The summed E-state index contributed by atoms with van der Waals surface area (Å²) in [5.74, 6) is 0.935. The van der Waals surface area contributed by atoms with Crippen LogP contribution in [0.2, 0.25) is 0 Å².